The van der Waals surface area contributed by atoms with Crippen LogP contribution in [0.2, 0.25) is 0 Å². The summed E-state index contributed by atoms with van der Waals surface area (Å²) in [6.45, 7) is 18.4. The predicted octanol–water partition coefficient (Wildman–Crippen LogP) is 18.6. The summed E-state index contributed by atoms with van der Waals surface area (Å²) in [7, 11) is 0. The number of fused-ring (bicyclic) bond motifs is 11. The summed E-state index contributed by atoms with van der Waals surface area (Å²) in [6.07, 6.45) is 5.20. The normalized spacial score (nSPS) is 12.7. The van der Waals surface area contributed by atoms with Gasteiger partial charge in [0.2, 0.25) is 0 Å². The van der Waals surface area contributed by atoms with Gasteiger partial charge in [0.05, 0.1) is 28.1 Å². The van der Waals surface area contributed by atoms with Crippen LogP contribution in [-0.2, 0) is 0 Å². The van der Waals surface area contributed by atoms with Crippen LogP contribution in [0.4, 0.5) is 0 Å². The van der Waals surface area contributed by atoms with Crippen molar-refractivity contribution in [1.82, 2.24) is 14.5 Å². The molecule has 10 aromatic carbocycles. The van der Waals surface area contributed by atoms with Gasteiger partial charge < -0.3 is 9.13 Å². The van der Waals surface area contributed by atoms with Crippen molar-refractivity contribution in [2.75, 3.05) is 0 Å². The van der Waals surface area contributed by atoms with Crippen LogP contribution >= 0.6 is 0 Å². The minimum absolute atomic E-state index is 0.180. The smallest absolute Gasteiger partial charge is 0.137 e. The zero-order chi connectivity index (χ0) is 50.3. The summed E-state index contributed by atoms with van der Waals surface area (Å²) in [5, 5.41) is 13.7. The number of aromatic nitrogens is 2. The highest BCUT2D eigenvalue weighted by Crippen LogP contribution is 2.49. The minimum Gasteiger partial charge on any atom is -0.312 e. The molecule has 2 aromatic heterocycles. The molecule has 2 atom stereocenters. The third kappa shape index (κ3) is 7.70. The van der Waals surface area contributed by atoms with E-state index in [9.17, 15) is 0 Å². The average Bonchev–Trinajstić information content (AvgIpc) is 4.09. The first-order valence-electron chi connectivity index (χ1n) is 25.8. The number of rotatable bonds is 10. The number of allylic oxidation sites excluding steroid dienone is 4. The number of aryl methyl sites for hydroxylation is 1. The monoisotopic (exact) mass is 944 g/mol. The van der Waals surface area contributed by atoms with E-state index in [1.54, 1.807) is 0 Å². The van der Waals surface area contributed by atoms with E-state index in [2.05, 4.69) is 235 Å². The Balaban J connectivity index is 0.00000140. The molecule has 3 N–H and O–H groups in total. The van der Waals surface area contributed by atoms with Crippen LogP contribution in [0.1, 0.15) is 56.7 Å². The molecular weight excluding hydrogens is 885 g/mol. The maximum atomic E-state index is 7.45. The highest BCUT2D eigenvalue weighted by molar-refractivity contribution is 6.23. The molecule has 0 spiro atoms. The first-order chi connectivity index (χ1) is 36.0. The fraction of sp³-hybridized carbons (Fsp3) is 0.101. The second-order valence-electron chi connectivity index (χ2n) is 18.4. The van der Waals surface area contributed by atoms with Gasteiger partial charge >= 0.3 is 0 Å². The Morgan fingerprint density at radius 3 is 1.79 bits per heavy atom. The Morgan fingerprint density at radius 1 is 0.479 bits per heavy atom. The van der Waals surface area contributed by atoms with Crippen molar-refractivity contribution in [1.29, 1.82) is 0 Å². The van der Waals surface area contributed by atoms with E-state index >= 15 is 0 Å². The molecule has 0 aliphatic heterocycles. The molecule has 4 nitrogen and oxygen atoms in total. The lowest BCUT2D eigenvalue weighted by Crippen LogP contribution is -2.37. The molecule has 0 saturated heterocycles. The number of nitrogens with two attached hydrogens (primary N) is 1. The Kier molecular flexibility index (Phi) is 12.6. The highest BCUT2D eigenvalue weighted by Gasteiger charge is 2.25. The number of hydrogen-bond acceptors (Lipinski definition) is 2. The molecule has 2 heterocycles. The summed E-state index contributed by atoms with van der Waals surface area (Å²) in [5.74, 6) is 0. The zero-order valence-corrected chi connectivity index (χ0v) is 42.3. The van der Waals surface area contributed by atoms with Crippen molar-refractivity contribution in [3.63, 3.8) is 0 Å². The van der Waals surface area contributed by atoms with Crippen LogP contribution < -0.4 is 11.1 Å². The van der Waals surface area contributed by atoms with Gasteiger partial charge in [0.25, 0.3) is 0 Å². The average molecular weight is 945 g/mol. The quantitative estimate of drug-likeness (QED) is 0.106. The molecule has 4 heteroatoms. The second kappa shape index (κ2) is 19.6. The first-order valence-corrected chi connectivity index (χ1v) is 25.8. The van der Waals surface area contributed by atoms with Crippen molar-refractivity contribution >= 4 is 70.9 Å². The molecule has 0 saturated carbocycles. The van der Waals surface area contributed by atoms with Crippen molar-refractivity contribution in [2.45, 2.75) is 47.0 Å². The summed E-state index contributed by atoms with van der Waals surface area (Å²) >= 11 is 0. The molecule has 0 radical (unpaired) electrons. The van der Waals surface area contributed by atoms with Crippen molar-refractivity contribution < 1.29 is 0 Å². The third-order valence-electron chi connectivity index (χ3n) is 14.7. The number of nitrogens with zero attached hydrogens (tertiary/aromatic N) is 2. The van der Waals surface area contributed by atoms with Crippen LogP contribution in [0, 0.1) is 6.92 Å². The topological polar surface area (TPSA) is 47.9 Å². The Hall–Kier alpha value is -8.54. The molecule has 2 unspecified atom stereocenters. The molecular formula is C69H60N4. The minimum atomic E-state index is -0.556. The lowest BCUT2D eigenvalue weighted by Gasteiger charge is -2.27. The summed E-state index contributed by atoms with van der Waals surface area (Å²) in [5.41, 5.74) is 26.3. The summed E-state index contributed by atoms with van der Waals surface area (Å²) in [6, 6.07) is 73.0. The van der Waals surface area contributed by atoms with Crippen molar-refractivity contribution in [2.24, 2.45) is 5.73 Å². The van der Waals surface area contributed by atoms with Crippen molar-refractivity contribution in [3.05, 3.63) is 248 Å². The predicted molar refractivity (Wildman–Crippen MR) is 316 cm³/mol. The van der Waals surface area contributed by atoms with Crippen LogP contribution in [0.15, 0.2) is 232 Å². The Bertz CT molecular complexity index is 4090. The molecule has 0 bridgehead atoms. The fourth-order valence-corrected chi connectivity index (χ4v) is 11.5. The van der Waals surface area contributed by atoms with Crippen LogP contribution in [0.25, 0.3) is 115 Å². The van der Waals surface area contributed by atoms with E-state index in [1.807, 2.05) is 45.9 Å². The van der Waals surface area contributed by atoms with E-state index < -0.39 is 6.29 Å². The fourth-order valence-electron chi connectivity index (χ4n) is 11.5. The van der Waals surface area contributed by atoms with Gasteiger partial charge in [0.15, 0.2) is 0 Å². The molecule has 1 aliphatic rings. The zero-order valence-electron chi connectivity index (χ0n) is 42.3. The van der Waals surface area contributed by atoms with E-state index in [0.717, 1.165) is 55.2 Å². The van der Waals surface area contributed by atoms with Gasteiger partial charge in [-0.3, -0.25) is 11.1 Å². The second-order valence-corrected chi connectivity index (χ2v) is 18.4. The van der Waals surface area contributed by atoms with Gasteiger partial charge in [-0.1, -0.05) is 211 Å². The Labute approximate surface area is 428 Å². The molecule has 0 fully saturated rings. The SMILES string of the molecule is C=C/C=C(\C=C)n1c2ccc(-c3ccc4c(c3)c3ccccc3n4C(N)NC(c3ccc(-c4ccc5c6c(cccc46)-c4ccccc4-5)cc3)c3ccccc3C)cc2c2c3ccccc3ccc21.CC.CC. The number of para-hydroxylation sites is 1. The van der Waals surface area contributed by atoms with Gasteiger partial charge in [0.1, 0.15) is 6.29 Å². The molecule has 0 amide bonds. The largest absolute Gasteiger partial charge is 0.312 e. The van der Waals surface area contributed by atoms with E-state index in [-0.39, 0.29) is 6.04 Å². The van der Waals surface area contributed by atoms with E-state index in [4.69, 9.17) is 5.73 Å². The Morgan fingerprint density at radius 2 is 1.05 bits per heavy atom. The molecule has 12 aromatic rings. The summed E-state index contributed by atoms with van der Waals surface area (Å²) < 4.78 is 4.57. The first kappa shape index (κ1) is 46.8. The molecule has 356 valence electrons. The van der Waals surface area contributed by atoms with Crippen LogP contribution in [-0.4, -0.2) is 9.13 Å². The van der Waals surface area contributed by atoms with Gasteiger partial charge in [-0.05, 0) is 138 Å². The van der Waals surface area contributed by atoms with Gasteiger partial charge in [-0.15, -0.1) is 0 Å². The van der Waals surface area contributed by atoms with E-state index in [0.29, 0.717) is 0 Å². The highest BCUT2D eigenvalue weighted by atomic mass is 15.3. The van der Waals surface area contributed by atoms with Gasteiger partial charge in [0, 0.05) is 27.2 Å². The molecule has 13 rings (SSSR count). The lowest BCUT2D eigenvalue weighted by atomic mass is 9.91. The van der Waals surface area contributed by atoms with Crippen LogP contribution in [0.3, 0.4) is 0 Å². The number of hydrogen-bond donors (Lipinski definition) is 2. The maximum absolute atomic E-state index is 7.45. The van der Waals surface area contributed by atoms with Gasteiger partial charge in [-0.25, -0.2) is 0 Å². The molecule has 1 aliphatic carbocycles. The van der Waals surface area contributed by atoms with Gasteiger partial charge in [-0.2, -0.15) is 0 Å². The number of nitrogens with one attached hydrogen (secondary N) is 1. The standard InChI is InChI=1S/C65H48N4.2C2H6/c1-4-15-46(5-2)68-60-36-32-45(39-57(60)63-49-19-9-7-17-41(49)30-37-61(63)68)44-31-35-59-56(38-44)52-22-12-13-25-58(52)69(59)65(66)67-64(47-18-8-6-16-40(47)3)43-28-26-42(27-29-43)48-33-34-55-51-21-11-10-20-50(51)54-24-14-23-53(48)62(54)55;2*1-2/h4-39,64-65,67H,1-2,66H2,3H3;2*1-2H3/b46-15+;;. The van der Waals surface area contributed by atoms with E-state index in [1.165, 1.54) is 76.8 Å². The van der Waals surface area contributed by atoms with Crippen LogP contribution in [0.5, 0.6) is 0 Å². The summed E-state index contributed by atoms with van der Waals surface area (Å²) in [4.78, 5) is 0. The third-order valence-corrected chi connectivity index (χ3v) is 14.7. The lowest BCUT2D eigenvalue weighted by molar-refractivity contribution is 0.403. The maximum Gasteiger partial charge on any atom is 0.137 e. The number of benzene rings is 10. The molecule has 73 heavy (non-hydrogen) atoms. The van der Waals surface area contributed by atoms with Crippen molar-refractivity contribution in [3.8, 4) is 44.5 Å².